The molecular formula is C6H10O3. The molecule has 0 unspecified atom stereocenters. The number of esters is 1. The van der Waals surface area contributed by atoms with Gasteiger partial charge in [-0.25, -0.2) is 0 Å². The fourth-order valence-corrected chi connectivity index (χ4v) is 0.795. The second-order valence-electron chi connectivity index (χ2n) is 2.54. The van der Waals surface area contributed by atoms with E-state index in [-0.39, 0.29) is 11.6 Å². The zero-order valence-corrected chi connectivity index (χ0v) is 5.64. The molecule has 1 heterocycles. The Morgan fingerprint density at radius 2 is 2.22 bits per heavy atom. The fraction of sp³-hybridized carbons (Fsp3) is 0.833. The molecule has 9 heavy (non-hydrogen) atoms. The van der Waals surface area contributed by atoms with E-state index in [1.807, 2.05) is 6.92 Å². The van der Waals surface area contributed by atoms with Crippen LogP contribution in [0.4, 0.5) is 0 Å². The number of carbonyl (C=O) groups is 1. The van der Waals surface area contributed by atoms with Crippen LogP contribution in [0.2, 0.25) is 0 Å². The van der Waals surface area contributed by atoms with Crippen LogP contribution < -0.4 is 0 Å². The number of hydrogen-bond acceptors (Lipinski definition) is 3. The summed E-state index contributed by atoms with van der Waals surface area (Å²) in [7, 11) is 0. The lowest BCUT2D eigenvalue weighted by atomic mass is 10.1. The van der Waals surface area contributed by atoms with Gasteiger partial charge in [-0.3, -0.25) is 4.79 Å². The fourth-order valence-electron chi connectivity index (χ4n) is 0.795. The highest BCUT2D eigenvalue weighted by molar-refractivity contribution is 5.66. The smallest absolute Gasteiger partial charge is 0.303 e. The SMILES string of the molecule is CC(=O)OC1(C)COC1. The van der Waals surface area contributed by atoms with Crippen LogP contribution in [0.15, 0.2) is 0 Å². The van der Waals surface area contributed by atoms with E-state index < -0.39 is 0 Å². The van der Waals surface area contributed by atoms with Crippen LogP contribution in [0, 0.1) is 0 Å². The van der Waals surface area contributed by atoms with Crippen molar-refractivity contribution in [2.75, 3.05) is 13.2 Å². The van der Waals surface area contributed by atoms with Crippen molar-refractivity contribution in [3.8, 4) is 0 Å². The molecule has 0 bridgehead atoms. The molecule has 0 spiro atoms. The summed E-state index contributed by atoms with van der Waals surface area (Å²) in [6.07, 6.45) is 0. The van der Waals surface area contributed by atoms with E-state index in [0.29, 0.717) is 13.2 Å². The van der Waals surface area contributed by atoms with Gasteiger partial charge in [0.1, 0.15) is 0 Å². The number of rotatable bonds is 1. The number of carbonyl (C=O) groups excluding carboxylic acids is 1. The minimum absolute atomic E-state index is 0.235. The van der Waals surface area contributed by atoms with Crippen molar-refractivity contribution < 1.29 is 14.3 Å². The van der Waals surface area contributed by atoms with Crippen molar-refractivity contribution in [3.63, 3.8) is 0 Å². The molecule has 52 valence electrons. The van der Waals surface area contributed by atoms with Gasteiger partial charge in [0.05, 0.1) is 13.2 Å². The van der Waals surface area contributed by atoms with Gasteiger partial charge < -0.3 is 9.47 Å². The van der Waals surface area contributed by atoms with E-state index in [0.717, 1.165) is 0 Å². The maximum atomic E-state index is 10.4. The Labute approximate surface area is 53.9 Å². The molecule has 3 nitrogen and oxygen atoms in total. The van der Waals surface area contributed by atoms with Crippen molar-refractivity contribution in [2.24, 2.45) is 0 Å². The van der Waals surface area contributed by atoms with Crippen LogP contribution in [-0.4, -0.2) is 24.8 Å². The third-order valence-electron chi connectivity index (χ3n) is 1.20. The van der Waals surface area contributed by atoms with Crippen molar-refractivity contribution in [1.29, 1.82) is 0 Å². The summed E-state index contributed by atoms with van der Waals surface area (Å²) in [6, 6.07) is 0. The summed E-state index contributed by atoms with van der Waals surface area (Å²) >= 11 is 0. The van der Waals surface area contributed by atoms with Gasteiger partial charge in [0.25, 0.3) is 0 Å². The molecule has 1 aliphatic heterocycles. The summed E-state index contributed by atoms with van der Waals surface area (Å²) < 4.78 is 9.77. The van der Waals surface area contributed by atoms with Gasteiger partial charge in [-0.2, -0.15) is 0 Å². The van der Waals surface area contributed by atoms with E-state index in [1.165, 1.54) is 6.92 Å². The first-order valence-corrected chi connectivity index (χ1v) is 2.90. The Morgan fingerprint density at radius 1 is 1.67 bits per heavy atom. The predicted octanol–water partition coefficient (Wildman–Crippen LogP) is 0.338. The summed E-state index contributed by atoms with van der Waals surface area (Å²) in [5.74, 6) is -0.235. The first-order chi connectivity index (χ1) is 4.12. The molecule has 0 radical (unpaired) electrons. The van der Waals surface area contributed by atoms with E-state index in [1.54, 1.807) is 0 Å². The normalized spacial score (nSPS) is 22.4. The average molecular weight is 130 g/mol. The highest BCUT2D eigenvalue weighted by Crippen LogP contribution is 2.20. The Kier molecular flexibility index (Phi) is 1.45. The Morgan fingerprint density at radius 3 is 2.33 bits per heavy atom. The van der Waals surface area contributed by atoms with Gasteiger partial charge in [0, 0.05) is 6.92 Å². The summed E-state index contributed by atoms with van der Waals surface area (Å²) in [5.41, 5.74) is -0.328. The third kappa shape index (κ3) is 1.42. The van der Waals surface area contributed by atoms with Crippen LogP contribution in [0.5, 0.6) is 0 Å². The molecule has 0 N–H and O–H groups in total. The lowest BCUT2D eigenvalue weighted by molar-refractivity contribution is -0.204. The number of ether oxygens (including phenoxy) is 2. The van der Waals surface area contributed by atoms with Crippen molar-refractivity contribution >= 4 is 5.97 Å². The molecule has 1 aliphatic rings. The summed E-state index contributed by atoms with van der Waals surface area (Å²) in [5, 5.41) is 0. The zero-order chi connectivity index (χ0) is 6.91. The zero-order valence-electron chi connectivity index (χ0n) is 5.64. The van der Waals surface area contributed by atoms with Gasteiger partial charge >= 0.3 is 5.97 Å². The van der Waals surface area contributed by atoms with Crippen LogP contribution in [0.25, 0.3) is 0 Å². The topological polar surface area (TPSA) is 35.5 Å². The molecule has 0 aromatic rings. The van der Waals surface area contributed by atoms with Crippen molar-refractivity contribution in [2.45, 2.75) is 19.4 Å². The molecule has 3 heteroatoms. The second-order valence-corrected chi connectivity index (χ2v) is 2.54. The standard InChI is InChI=1S/C6H10O3/c1-5(7)9-6(2)3-8-4-6/h3-4H2,1-2H3. The monoisotopic (exact) mass is 130 g/mol. The molecule has 0 amide bonds. The molecule has 0 atom stereocenters. The minimum Gasteiger partial charge on any atom is -0.455 e. The molecule has 0 aromatic carbocycles. The third-order valence-corrected chi connectivity index (χ3v) is 1.20. The molecule has 0 aliphatic carbocycles. The van der Waals surface area contributed by atoms with Gasteiger partial charge in [0.2, 0.25) is 0 Å². The predicted molar refractivity (Wildman–Crippen MR) is 31.0 cm³/mol. The molecular weight excluding hydrogens is 120 g/mol. The molecule has 1 fully saturated rings. The van der Waals surface area contributed by atoms with Crippen molar-refractivity contribution in [3.05, 3.63) is 0 Å². The van der Waals surface area contributed by atoms with Gasteiger partial charge in [-0.05, 0) is 6.92 Å². The van der Waals surface area contributed by atoms with E-state index in [2.05, 4.69) is 0 Å². The van der Waals surface area contributed by atoms with Gasteiger partial charge in [0.15, 0.2) is 5.60 Å². The quantitative estimate of drug-likeness (QED) is 0.480. The Bertz CT molecular complexity index is 126. The van der Waals surface area contributed by atoms with Gasteiger partial charge in [-0.1, -0.05) is 0 Å². The van der Waals surface area contributed by atoms with E-state index in [4.69, 9.17) is 9.47 Å². The molecule has 0 aromatic heterocycles. The maximum Gasteiger partial charge on any atom is 0.303 e. The van der Waals surface area contributed by atoms with Gasteiger partial charge in [-0.15, -0.1) is 0 Å². The lowest BCUT2D eigenvalue weighted by Crippen LogP contribution is -2.50. The summed E-state index contributed by atoms with van der Waals surface area (Å²) in [6.45, 7) is 4.33. The Balaban J connectivity index is 2.33. The first-order valence-electron chi connectivity index (χ1n) is 2.90. The average Bonchev–Trinajstić information content (AvgIpc) is 1.60. The van der Waals surface area contributed by atoms with Crippen LogP contribution in [0.3, 0.4) is 0 Å². The molecule has 0 saturated carbocycles. The molecule has 1 rings (SSSR count). The number of hydrogen-bond donors (Lipinski definition) is 0. The van der Waals surface area contributed by atoms with E-state index >= 15 is 0 Å². The van der Waals surface area contributed by atoms with Crippen LogP contribution >= 0.6 is 0 Å². The van der Waals surface area contributed by atoms with Crippen LogP contribution in [-0.2, 0) is 14.3 Å². The van der Waals surface area contributed by atoms with Crippen molar-refractivity contribution in [1.82, 2.24) is 0 Å². The highest BCUT2D eigenvalue weighted by Gasteiger charge is 2.36. The van der Waals surface area contributed by atoms with Crippen LogP contribution in [0.1, 0.15) is 13.8 Å². The second kappa shape index (κ2) is 1.99. The Hall–Kier alpha value is -0.570. The maximum absolute atomic E-state index is 10.4. The minimum atomic E-state index is -0.328. The van der Waals surface area contributed by atoms with E-state index in [9.17, 15) is 4.79 Å². The molecule has 1 saturated heterocycles. The first kappa shape index (κ1) is 6.55. The summed E-state index contributed by atoms with van der Waals surface area (Å²) in [4.78, 5) is 10.4. The largest absolute Gasteiger partial charge is 0.455 e. The highest BCUT2D eigenvalue weighted by atomic mass is 16.6. The lowest BCUT2D eigenvalue weighted by Gasteiger charge is -2.36.